The van der Waals surface area contributed by atoms with Crippen LogP contribution < -0.4 is 4.74 Å². The van der Waals surface area contributed by atoms with Crippen molar-refractivity contribution in [3.8, 4) is 5.75 Å². The minimum Gasteiger partial charge on any atom is -0.494 e. The van der Waals surface area contributed by atoms with Crippen molar-refractivity contribution >= 4 is 12.0 Å². The molecule has 1 aromatic rings. The molecule has 98 valence electrons. The van der Waals surface area contributed by atoms with E-state index >= 15 is 0 Å². The Balaban J connectivity index is 2.48. The lowest BCUT2D eigenvalue weighted by Crippen LogP contribution is -2.11. The lowest BCUT2D eigenvalue weighted by molar-refractivity contribution is -0.131. The standard InChI is InChI=1S/C15H20O3/c1-15(2,3)10-11-18-13-7-4-12(5-8-13)6-9-14(16)17/h4-9H,10-11H2,1-3H3,(H,16,17)/b9-6+. The molecule has 0 unspecified atom stereocenters. The summed E-state index contributed by atoms with van der Waals surface area (Å²) in [5.41, 5.74) is 1.12. The highest BCUT2D eigenvalue weighted by atomic mass is 16.5. The summed E-state index contributed by atoms with van der Waals surface area (Å²) in [5, 5.41) is 8.51. The molecule has 0 aromatic heterocycles. The molecule has 0 fully saturated rings. The second-order valence-corrected chi connectivity index (χ2v) is 5.40. The normalized spacial score (nSPS) is 11.7. The Hall–Kier alpha value is -1.77. The number of aliphatic carboxylic acids is 1. The molecule has 0 spiro atoms. The third-order valence-corrected chi connectivity index (χ3v) is 2.42. The monoisotopic (exact) mass is 248 g/mol. The van der Waals surface area contributed by atoms with Crippen molar-refractivity contribution in [2.24, 2.45) is 5.41 Å². The van der Waals surface area contributed by atoms with Crippen molar-refractivity contribution in [2.75, 3.05) is 6.61 Å². The topological polar surface area (TPSA) is 46.5 Å². The summed E-state index contributed by atoms with van der Waals surface area (Å²) < 4.78 is 5.62. The molecule has 0 amide bonds. The molecular weight excluding hydrogens is 228 g/mol. The lowest BCUT2D eigenvalue weighted by Gasteiger charge is -2.18. The fraction of sp³-hybridized carbons (Fsp3) is 0.400. The first-order valence-corrected chi connectivity index (χ1v) is 6.01. The van der Waals surface area contributed by atoms with Gasteiger partial charge in [-0.2, -0.15) is 0 Å². The smallest absolute Gasteiger partial charge is 0.328 e. The van der Waals surface area contributed by atoms with Crippen LogP contribution in [0.1, 0.15) is 32.8 Å². The van der Waals surface area contributed by atoms with Crippen LogP contribution in [0.25, 0.3) is 6.08 Å². The van der Waals surface area contributed by atoms with Crippen LogP contribution in [-0.4, -0.2) is 17.7 Å². The second-order valence-electron chi connectivity index (χ2n) is 5.40. The van der Waals surface area contributed by atoms with Crippen LogP contribution in [0.15, 0.2) is 30.3 Å². The summed E-state index contributed by atoms with van der Waals surface area (Å²) >= 11 is 0. The molecule has 18 heavy (non-hydrogen) atoms. The summed E-state index contributed by atoms with van der Waals surface area (Å²) in [6.45, 7) is 7.22. The summed E-state index contributed by atoms with van der Waals surface area (Å²) in [7, 11) is 0. The van der Waals surface area contributed by atoms with E-state index < -0.39 is 5.97 Å². The Morgan fingerprint density at radius 3 is 2.39 bits per heavy atom. The van der Waals surface area contributed by atoms with Gasteiger partial charge in [0.1, 0.15) is 5.75 Å². The average molecular weight is 248 g/mol. The van der Waals surface area contributed by atoms with E-state index in [9.17, 15) is 4.79 Å². The van der Waals surface area contributed by atoms with Gasteiger partial charge in [0.05, 0.1) is 6.61 Å². The molecule has 0 radical (unpaired) electrons. The number of ether oxygens (including phenoxy) is 1. The van der Waals surface area contributed by atoms with Gasteiger partial charge < -0.3 is 9.84 Å². The van der Waals surface area contributed by atoms with Gasteiger partial charge in [-0.25, -0.2) is 4.79 Å². The van der Waals surface area contributed by atoms with Crippen molar-refractivity contribution < 1.29 is 14.6 Å². The molecule has 0 heterocycles. The van der Waals surface area contributed by atoms with Crippen molar-refractivity contribution in [1.29, 1.82) is 0 Å². The van der Waals surface area contributed by atoms with Crippen molar-refractivity contribution in [1.82, 2.24) is 0 Å². The molecule has 1 rings (SSSR count). The van der Waals surface area contributed by atoms with Gasteiger partial charge in [0, 0.05) is 6.08 Å². The molecule has 1 N–H and O–H groups in total. The first kappa shape index (κ1) is 14.3. The van der Waals surface area contributed by atoms with Gasteiger partial charge in [-0.3, -0.25) is 0 Å². The summed E-state index contributed by atoms with van der Waals surface area (Å²) in [6, 6.07) is 7.38. The van der Waals surface area contributed by atoms with Crippen molar-refractivity contribution in [3.05, 3.63) is 35.9 Å². The van der Waals surface area contributed by atoms with Crippen LogP contribution in [0.5, 0.6) is 5.75 Å². The highest BCUT2D eigenvalue weighted by molar-refractivity contribution is 5.85. The van der Waals surface area contributed by atoms with Crippen LogP contribution in [-0.2, 0) is 4.79 Å². The molecule has 1 aromatic carbocycles. The maximum absolute atomic E-state index is 10.4. The number of hydrogen-bond donors (Lipinski definition) is 1. The summed E-state index contributed by atoms with van der Waals surface area (Å²) in [4.78, 5) is 10.4. The van der Waals surface area contributed by atoms with Gasteiger partial charge in [0.25, 0.3) is 0 Å². The van der Waals surface area contributed by atoms with E-state index in [-0.39, 0.29) is 5.41 Å². The Labute approximate surface area is 108 Å². The molecule has 0 atom stereocenters. The zero-order valence-corrected chi connectivity index (χ0v) is 11.1. The quantitative estimate of drug-likeness (QED) is 0.810. The fourth-order valence-corrected chi connectivity index (χ4v) is 1.32. The Kier molecular flexibility index (Phi) is 4.95. The minimum absolute atomic E-state index is 0.268. The lowest BCUT2D eigenvalue weighted by atomic mass is 9.93. The Morgan fingerprint density at radius 2 is 1.89 bits per heavy atom. The molecular formula is C15H20O3. The van der Waals surface area contributed by atoms with Gasteiger partial charge in [-0.15, -0.1) is 0 Å². The SMILES string of the molecule is CC(C)(C)CCOc1ccc(/C=C/C(=O)O)cc1. The van der Waals surface area contributed by atoms with Crippen molar-refractivity contribution in [2.45, 2.75) is 27.2 Å². The van der Waals surface area contributed by atoms with Crippen molar-refractivity contribution in [3.63, 3.8) is 0 Å². The van der Waals surface area contributed by atoms with Crippen LogP contribution in [0, 0.1) is 5.41 Å². The fourth-order valence-electron chi connectivity index (χ4n) is 1.32. The van der Waals surface area contributed by atoms with E-state index in [2.05, 4.69) is 20.8 Å². The number of hydrogen-bond acceptors (Lipinski definition) is 2. The number of benzene rings is 1. The molecule has 3 nitrogen and oxygen atoms in total. The van der Waals surface area contributed by atoms with Gasteiger partial charge in [-0.1, -0.05) is 32.9 Å². The summed E-state index contributed by atoms with van der Waals surface area (Å²) in [6.07, 6.45) is 3.67. The molecule has 0 bridgehead atoms. The van der Waals surface area contributed by atoms with E-state index in [1.807, 2.05) is 24.3 Å². The minimum atomic E-state index is -0.944. The van der Waals surface area contributed by atoms with Gasteiger partial charge in [0.15, 0.2) is 0 Å². The molecule has 0 aliphatic rings. The molecule has 3 heteroatoms. The van der Waals surface area contributed by atoms with Gasteiger partial charge in [-0.05, 0) is 35.6 Å². The highest BCUT2D eigenvalue weighted by Gasteiger charge is 2.09. The third kappa shape index (κ3) is 6.09. The van der Waals surface area contributed by atoms with E-state index in [0.717, 1.165) is 23.8 Å². The molecule has 0 aliphatic heterocycles. The molecule has 0 saturated heterocycles. The summed E-state index contributed by atoms with van der Waals surface area (Å²) in [5.74, 6) is -0.132. The van der Waals surface area contributed by atoms with Crippen LogP contribution in [0.3, 0.4) is 0 Å². The second kappa shape index (κ2) is 6.24. The van der Waals surface area contributed by atoms with E-state index in [1.54, 1.807) is 6.08 Å². The first-order valence-electron chi connectivity index (χ1n) is 6.01. The Morgan fingerprint density at radius 1 is 1.28 bits per heavy atom. The van der Waals surface area contributed by atoms with Crippen LogP contribution >= 0.6 is 0 Å². The molecule has 0 aliphatic carbocycles. The maximum atomic E-state index is 10.4. The number of carboxylic acids is 1. The van der Waals surface area contributed by atoms with Gasteiger partial charge >= 0.3 is 5.97 Å². The zero-order chi connectivity index (χ0) is 13.6. The van der Waals surface area contributed by atoms with Crippen LogP contribution in [0.2, 0.25) is 0 Å². The number of carbonyl (C=O) groups is 1. The van der Waals surface area contributed by atoms with Gasteiger partial charge in [0.2, 0.25) is 0 Å². The zero-order valence-electron chi connectivity index (χ0n) is 11.1. The maximum Gasteiger partial charge on any atom is 0.328 e. The number of carboxylic acid groups (broad SMARTS) is 1. The largest absolute Gasteiger partial charge is 0.494 e. The van der Waals surface area contributed by atoms with E-state index in [1.165, 1.54) is 0 Å². The highest BCUT2D eigenvalue weighted by Crippen LogP contribution is 2.20. The van der Waals surface area contributed by atoms with E-state index in [4.69, 9.17) is 9.84 Å². The predicted octanol–water partition coefficient (Wildman–Crippen LogP) is 3.60. The first-order chi connectivity index (χ1) is 8.37. The number of rotatable bonds is 5. The van der Waals surface area contributed by atoms with E-state index in [0.29, 0.717) is 6.61 Å². The molecule has 0 saturated carbocycles. The predicted molar refractivity (Wildman–Crippen MR) is 72.7 cm³/mol. The third-order valence-electron chi connectivity index (χ3n) is 2.42. The average Bonchev–Trinajstić information content (AvgIpc) is 2.26. The van der Waals surface area contributed by atoms with Crippen LogP contribution in [0.4, 0.5) is 0 Å². The Bertz CT molecular complexity index is 410.